The van der Waals surface area contributed by atoms with E-state index in [1.165, 1.54) is 109 Å². The van der Waals surface area contributed by atoms with Crippen LogP contribution >= 0.6 is 0 Å². The fourth-order valence-electron chi connectivity index (χ4n) is 7.85. The smallest absolute Gasteiger partial charge is 0.00170 e. The molecular weight excluding hydrogens is 504 g/mol. The van der Waals surface area contributed by atoms with Gasteiger partial charge in [0.15, 0.2) is 0 Å². The molecule has 0 aliphatic heterocycles. The highest BCUT2D eigenvalue weighted by Gasteiger charge is 2.24. The summed E-state index contributed by atoms with van der Waals surface area (Å²) in [4.78, 5) is 0. The minimum absolute atomic E-state index is 0.103. The Kier molecular flexibility index (Phi) is 4.87. The maximum Gasteiger partial charge on any atom is -0.00170 e. The van der Waals surface area contributed by atoms with Crippen LogP contribution in [0, 0.1) is 27.7 Å². The van der Waals surface area contributed by atoms with Crippen molar-refractivity contribution in [3.8, 4) is 0 Å². The van der Waals surface area contributed by atoms with Crippen LogP contribution in [0.15, 0.2) is 60.7 Å². The van der Waals surface area contributed by atoms with Crippen LogP contribution in [0.3, 0.4) is 0 Å². The van der Waals surface area contributed by atoms with Crippen LogP contribution in [0.1, 0.15) is 74.9 Å². The molecule has 0 radical (unpaired) electrons. The predicted octanol–water partition coefficient (Wildman–Crippen LogP) is 12.5. The standard InChI is InChI=1S/C42H40/c1-21-15-33-31-19-36-30-18-26(42(8,9)10)12-14-28(30)38-24(4)22(2)16-34(40(36)38)32(31)20-35-29-17-25(41(5,6)7)11-13-27(29)37(23(21)3)39(33)35/h11-20H,1-10H3. The molecule has 0 unspecified atom stereocenters. The lowest BCUT2D eigenvalue weighted by Gasteiger charge is -2.19. The van der Waals surface area contributed by atoms with E-state index >= 15 is 0 Å². The first-order valence-corrected chi connectivity index (χ1v) is 15.5. The zero-order valence-corrected chi connectivity index (χ0v) is 26.8. The number of hydrogen-bond acceptors (Lipinski definition) is 0. The van der Waals surface area contributed by atoms with Gasteiger partial charge in [0.05, 0.1) is 0 Å². The first-order chi connectivity index (χ1) is 19.8. The van der Waals surface area contributed by atoms with Crippen molar-refractivity contribution in [3.05, 3.63) is 94.0 Å². The minimum atomic E-state index is 0.103. The molecule has 0 fully saturated rings. The number of benzene rings is 6. The Hall–Kier alpha value is -3.90. The second-order valence-corrected chi connectivity index (χ2v) is 15.2. The normalized spacial score (nSPS) is 13.5. The average molecular weight is 545 g/mol. The van der Waals surface area contributed by atoms with Crippen molar-refractivity contribution in [2.24, 2.45) is 0 Å². The lowest BCUT2D eigenvalue weighted by atomic mass is 9.86. The van der Waals surface area contributed by atoms with E-state index in [0.29, 0.717) is 0 Å². The van der Waals surface area contributed by atoms with Crippen LogP contribution in [0.5, 0.6) is 0 Å². The summed E-state index contributed by atoms with van der Waals surface area (Å²) in [6, 6.07) is 24.5. The molecule has 0 heterocycles. The van der Waals surface area contributed by atoms with Gasteiger partial charge in [-0.25, -0.2) is 0 Å². The van der Waals surface area contributed by atoms with Crippen molar-refractivity contribution in [3.63, 3.8) is 0 Å². The molecule has 0 N–H and O–H groups in total. The van der Waals surface area contributed by atoms with E-state index in [-0.39, 0.29) is 10.8 Å². The molecule has 0 amide bonds. The van der Waals surface area contributed by atoms with Gasteiger partial charge >= 0.3 is 0 Å². The molecule has 0 nitrogen and oxygen atoms in total. The fraction of sp³-hybridized carbons (Fsp3) is 0.286. The van der Waals surface area contributed by atoms with Crippen LogP contribution in [0.2, 0.25) is 0 Å². The van der Waals surface area contributed by atoms with Gasteiger partial charge in [0, 0.05) is 0 Å². The van der Waals surface area contributed by atoms with Crippen molar-refractivity contribution in [1.29, 1.82) is 0 Å². The van der Waals surface area contributed by atoms with Gasteiger partial charge in [-0.05, 0) is 172 Å². The third kappa shape index (κ3) is 3.19. The summed E-state index contributed by atoms with van der Waals surface area (Å²) in [5.74, 6) is 0. The third-order valence-electron chi connectivity index (χ3n) is 10.6. The van der Waals surface area contributed by atoms with Gasteiger partial charge in [0.25, 0.3) is 0 Å². The molecule has 8 aromatic carbocycles. The fourth-order valence-corrected chi connectivity index (χ4v) is 7.85. The first-order valence-electron chi connectivity index (χ1n) is 15.5. The molecule has 0 heteroatoms. The van der Waals surface area contributed by atoms with E-state index in [2.05, 4.69) is 130 Å². The molecule has 0 bridgehead atoms. The van der Waals surface area contributed by atoms with E-state index in [9.17, 15) is 0 Å². The minimum Gasteiger partial charge on any atom is -0.0578 e. The van der Waals surface area contributed by atoms with Gasteiger partial charge in [-0.2, -0.15) is 0 Å². The molecule has 0 aliphatic rings. The summed E-state index contributed by atoms with van der Waals surface area (Å²) in [7, 11) is 0. The SMILES string of the molecule is Cc1cc2c3cc4c5cc(C(C)(C)C)ccc5c5c(C)c(C)cc(c3cc3c6cc(C(C)(C)C)ccc6c(c1C)c23)c45. The van der Waals surface area contributed by atoms with Gasteiger partial charge in [0.2, 0.25) is 0 Å². The number of fused-ring (bicyclic) bond motifs is 9. The van der Waals surface area contributed by atoms with Crippen molar-refractivity contribution < 1.29 is 0 Å². The highest BCUT2D eigenvalue weighted by Crippen LogP contribution is 2.50. The summed E-state index contributed by atoms with van der Waals surface area (Å²) in [6.07, 6.45) is 0. The zero-order valence-electron chi connectivity index (χ0n) is 26.8. The van der Waals surface area contributed by atoms with Crippen LogP contribution in [-0.4, -0.2) is 0 Å². The van der Waals surface area contributed by atoms with Crippen molar-refractivity contribution in [2.45, 2.75) is 80.1 Å². The second kappa shape index (κ2) is 7.93. The predicted molar refractivity (Wildman–Crippen MR) is 188 cm³/mol. The van der Waals surface area contributed by atoms with Crippen LogP contribution in [0.4, 0.5) is 0 Å². The Morgan fingerprint density at radius 2 is 0.667 bits per heavy atom. The maximum absolute atomic E-state index is 2.54. The third-order valence-corrected chi connectivity index (χ3v) is 10.6. The van der Waals surface area contributed by atoms with Gasteiger partial charge < -0.3 is 0 Å². The quantitative estimate of drug-likeness (QED) is 0.167. The van der Waals surface area contributed by atoms with Gasteiger partial charge in [-0.3, -0.25) is 0 Å². The molecule has 0 aromatic heterocycles. The summed E-state index contributed by atoms with van der Waals surface area (Å²) in [5, 5.41) is 19.7. The van der Waals surface area contributed by atoms with Crippen molar-refractivity contribution in [1.82, 2.24) is 0 Å². The zero-order chi connectivity index (χ0) is 29.6. The van der Waals surface area contributed by atoms with Gasteiger partial charge in [-0.1, -0.05) is 77.9 Å². The maximum atomic E-state index is 2.54. The van der Waals surface area contributed by atoms with Crippen LogP contribution in [-0.2, 0) is 10.8 Å². The first kappa shape index (κ1) is 25.8. The number of rotatable bonds is 0. The largest absolute Gasteiger partial charge is 0.0578 e. The molecule has 8 rings (SSSR count). The summed E-state index contributed by atoms with van der Waals surface area (Å²) < 4.78 is 0. The molecular formula is C42H40. The molecule has 0 saturated heterocycles. The van der Waals surface area contributed by atoms with E-state index in [0.717, 1.165) is 0 Å². The summed E-state index contributed by atoms with van der Waals surface area (Å²) in [6.45, 7) is 23.1. The molecule has 0 spiro atoms. The van der Waals surface area contributed by atoms with Crippen molar-refractivity contribution >= 4 is 75.4 Å². The van der Waals surface area contributed by atoms with Crippen molar-refractivity contribution in [2.75, 3.05) is 0 Å². The van der Waals surface area contributed by atoms with E-state index in [4.69, 9.17) is 0 Å². The topological polar surface area (TPSA) is 0 Å². The second-order valence-electron chi connectivity index (χ2n) is 15.2. The molecule has 0 aliphatic carbocycles. The highest BCUT2D eigenvalue weighted by atomic mass is 14.3. The lowest BCUT2D eigenvalue weighted by molar-refractivity contribution is 0.591. The molecule has 0 atom stereocenters. The average Bonchev–Trinajstić information content (AvgIpc) is 3.43. The van der Waals surface area contributed by atoms with Crippen LogP contribution < -0.4 is 0 Å². The Morgan fingerprint density at radius 1 is 0.333 bits per heavy atom. The Bertz CT molecular complexity index is 2260. The Labute approximate surface area is 249 Å². The number of aryl methyl sites for hydroxylation is 4. The van der Waals surface area contributed by atoms with E-state index < -0.39 is 0 Å². The summed E-state index contributed by atoms with van der Waals surface area (Å²) >= 11 is 0. The lowest BCUT2D eigenvalue weighted by Crippen LogP contribution is -2.10. The Balaban J connectivity index is 1.66. The number of hydrogen-bond donors (Lipinski definition) is 0. The monoisotopic (exact) mass is 544 g/mol. The van der Waals surface area contributed by atoms with Gasteiger partial charge in [-0.15, -0.1) is 0 Å². The molecule has 0 saturated carbocycles. The summed E-state index contributed by atoms with van der Waals surface area (Å²) in [5.41, 5.74) is 8.56. The van der Waals surface area contributed by atoms with E-state index in [1.54, 1.807) is 0 Å². The van der Waals surface area contributed by atoms with E-state index in [1.807, 2.05) is 0 Å². The molecule has 208 valence electrons. The highest BCUT2D eigenvalue weighted by molar-refractivity contribution is 6.41. The molecule has 8 aromatic rings. The molecule has 42 heavy (non-hydrogen) atoms. The van der Waals surface area contributed by atoms with Gasteiger partial charge in [0.1, 0.15) is 0 Å². The Morgan fingerprint density at radius 3 is 1.02 bits per heavy atom. The van der Waals surface area contributed by atoms with Crippen LogP contribution in [0.25, 0.3) is 75.4 Å².